The van der Waals surface area contributed by atoms with Crippen LogP contribution in [-0.2, 0) is 0 Å². The van der Waals surface area contributed by atoms with Crippen LogP contribution in [0.3, 0.4) is 0 Å². The minimum absolute atomic E-state index is 0.162. The van der Waals surface area contributed by atoms with Gasteiger partial charge in [0, 0.05) is 17.7 Å². The van der Waals surface area contributed by atoms with Crippen LogP contribution in [0.4, 0.5) is 0 Å². The summed E-state index contributed by atoms with van der Waals surface area (Å²) in [5, 5.41) is 1.15. The molecule has 20 heavy (non-hydrogen) atoms. The van der Waals surface area contributed by atoms with Crippen molar-refractivity contribution in [3.8, 4) is 22.6 Å². The molecule has 2 N–H and O–H groups in total. The van der Waals surface area contributed by atoms with Crippen molar-refractivity contribution in [3.63, 3.8) is 0 Å². The third kappa shape index (κ3) is 2.33. The van der Waals surface area contributed by atoms with Crippen LogP contribution in [0.5, 0.6) is 11.5 Å². The van der Waals surface area contributed by atoms with Crippen LogP contribution >= 0.6 is 23.2 Å². The summed E-state index contributed by atoms with van der Waals surface area (Å²) in [6.45, 7) is 0.841. The number of hydrogen-bond donors (Lipinski definition) is 1. The highest BCUT2D eigenvalue weighted by Gasteiger charge is 2.24. The van der Waals surface area contributed by atoms with E-state index in [0.717, 1.165) is 11.1 Å². The van der Waals surface area contributed by atoms with E-state index in [1.54, 1.807) is 12.1 Å². The summed E-state index contributed by atoms with van der Waals surface area (Å²) in [6.07, 6.45) is -0.162. The molecule has 0 aliphatic carbocycles. The maximum absolute atomic E-state index is 6.27. The topological polar surface area (TPSA) is 44.5 Å². The number of rotatable bonds is 2. The van der Waals surface area contributed by atoms with Crippen molar-refractivity contribution in [2.24, 2.45) is 5.73 Å². The second-order valence-corrected chi connectivity index (χ2v) is 5.33. The largest absolute Gasteiger partial charge is 0.486 e. The summed E-state index contributed by atoms with van der Waals surface area (Å²) in [7, 11) is 0. The van der Waals surface area contributed by atoms with Gasteiger partial charge >= 0.3 is 0 Å². The molecule has 1 aliphatic heterocycles. The quantitative estimate of drug-likeness (QED) is 0.918. The number of ether oxygens (including phenoxy) is 2. The molecule has 0 aromatic heterocycles. The van der Waals surface area contributed by atoms with Crippen molar-refractivity contribution >= 4 is 23.2 Å². The highest BCUT2D eigenvalue weighted by Crippen LogP contribution is 2.45. The van der Waals surface area contributed by atoms with E-state index in [1.165, 1.54) is 0 Å². The fourth-order valence-corrected chi connectivity index (χ4v) is 2.80. The van der Waals surface area contributed by atoms with Crippen LogP contribution in [0.2, 0.25) is 10.0 Å². The zero-order valence-corrected chi connectivity index (χ0v) is 12.1. The van der Waals surface area contributed by atoms with E-state index in [0.29, 0.717) is 34.7 Å². The van der Waals surface area contributed by atoms with Crippen LogP contribution in [0.25, 0.3) is 11.1 Å². The number of halogens is 2. The van der Waals surface area contributed by atoms with E-state index in [1.807, 2.05) is 24.3 Å². The molecular formula is C15H13Cl2NO2. The standard InChI is InChI=1S/C15H13Cl2NO2/c16-11-4-2-5-12(17)14(11)10-3-1-6-13-15(10)20-9(7-18)8-19-13/h1-6,9H,7-8,18H2/t9-/m1/s1. The van der Waals surface area contributed by atoms with Crippen LogP contribution in [0, 0.1) is 0 Å². The van der Waals surface area contributed by atoms with E-state index in [-0.39, 0.29) is 6.10 Å². The van der Waals surface area contributed by atoms with Gasteiger partial charge < -0.3 is 15.2 Å². The SMILES string of the molecule is NC[C@@H]1COc2cccc(-c3c(Cl)cccc3Cl)c2O1. The Hall–Kier alpha value is -1.42. The van der Waals surface area contributed by atoms with Crippen molar-refractivity contribution in [3.05, 3.63) is 46.4 Å². The minimum Gasteiger partial charge on any atom is -0.486 e. The van der Waals surface area contributed by atoms with Gasteiger partial charge in [-0.15, -0.1) is 0 Å². The number of benzene rings is 2. The minimum atomic E-state index is -0.162. The first kappa shape index (κ1) is 13.6. The maximum atomic E-state index is 6.27. The van der Waals surface area contributed by atoms with Gasteiger partial charge in [-0.3, -0.25) is 0 Å². The summed E-state index contributed by atoms with van der Waals surface area (Å²) in [4.78, 5) is 0. The molecule has 0 saturated heterocycles. The summed E-state index contributed by atoms with van der Waals surface area (Å²) >= 11 is 12.5. The van der Waals surface area contributed by atoms with Crippen molar-refractivity contribution in [1.82, 2.24) is 0 Å². The van der Waals surface area contributed by atoms with E-state index in [2.05, 4.69) is 0 Å². The molecule has 1 heterocycles. The summed E-state index contributed by atoms with van der Waals surface area (Å²) in [5.41, 5.74) is 7.21. The lowest BCUT2D eigenvalue weighted by atomic mass is 10.0. The summed E-state index contributed by atoms with van der Waals surface area (Å²) < 4.78 is 11.6. The Morgan fingerprint density at radius 2 is 1.80 bits per heavy atom. The van der Waals surface area contributed by atoms with Crippen LogP contribution in [-0.4, -0.2) is 19.3 Å². The van der Waals surface area contributed by atoms with Crippen LogP contribution < -0.4 is 15.2 Å². The van der Waals surface area contributed by atoms with Crippen molar-refractivity contribution in [1.29, 1.82) is 0 Å². The molecule has 5 heteroatoms. The molecule has 0 spiro atoms. The Labute approximate surface area is 127 Å². The third-order valence-corrected chi connectivity index (χ3v) is 3.81. The summed E-state index contributed by atoms with van der Waals surface area (Å²) in [6, 6.07) is 11.1. The van der Waals surface area contributed by atoms with E-state index < -0.39 is 0 Å². The fourth-order valence-electron chi connectivity index (χ4n) is 2.20. The first-order valence-corrected chi connectivity index (χ1v) is 7.03. The number of hydrogen-bond acceptors (Lipinski definition) is 3. The van der Waals surface area contributed by atoms with E-state index in [4.69, 9.17) is 38.4 Å². The maximum Gasteiger partial charge on any atom is 0.169 e. The Balaban J connectivity index is 2.16. The van der Waals surface area contributed by atoms with Gasteiger partial charge in [-0.25, -0.2) is 0 Å². The van der Waals surface area contributed by atoms with Gasteiger partial charge in [0.15, 0.2) is 11.5 Å². The van der Waals surface area contributed by atoms with E-state index >= 15 is 0 Å². The average Bonchev–Trinajstić information content (AvgIpc) is 2.47. The second-order valence-electron chi connectivity index (χ2n) is 4.52. The molecule has 3 nitrogen and oxygen atoms in total. The molecule has 0 radical (unpaired) electrons. The van der Waals surface area contributed by atoms with Crippen molar-refractivity contribution in [2.45, 2.75) is 6.10 Å². The molecule has 0 unspecified atom stereocenters. The van der Waals surface area contributed by atoms with E-state index in [9.17, 15) is 0 Å². The molecule has 0 bridgehead atoms. The molecule has 0 fully saturated rings. The van der Waals surface area contributed by atoms with Gasteiger partial charge in [0.2, 0.25) is 0 Å². The van der Waals surface area contributed by atoms with Gasteiger partial charge in [0.05, 0.1) is 10.0 Å². The smallest absolute Gasteiger partial charge is 0.169 e. The lowest BCUT2D eigenvalue weighted by Crippen LogP contribution is -2.35. The molecule has 0 amide bonds. The van der Waals surface area contributed by atoms with Gasteiger partial charge in [-0.2, -0.15) is 0 Å². The van der Waals surface area contributed by atoms with Gasteiger partial charge in [0.25, 0.3) is 0 Å². The number of nitrogens with two attached hydrogens (primary N) is 1. The second kappa shape index (κ2) is 5.52. The highest BCUT2D eigenvalue weighted by atomic mass is 35.5. The molecule has 0 saturated carbocycles. The lowest BCUT2D eigenvalue weighted by molar-refractivity contribution is 0.0976. The van der Waals surface area contributed by atoms with Crippen molar-refractivity contribution < 1.29 is 9.47 Å². The highest BCUT2D eigenvalue weighted by molar-refractivity contribution is 6.39. The monoisotopic (exact) mass is 309 g/mol. The Morgan fingerprint density at radius 3 is 2.50 bits per heavy atom. The number of para-hydroxylation sites is 1. The third-order valence-electron chi connectivity index (χ3n) is 3.18. The zero-order chi connectivity index (χ0) is 14.1. The Bertz CT molecular complexity index is 626. The van der Waals surface area contributed by atoms with Crippen LogP contribution in [0.15, 0.2) is 36.4 Å². The van der Waals surface area contributed by atoms with Crippen LogP contribution in [0.1, 0.15) is 0 Å². The van der Waals surface area contributed by atoms with Crippen molar-refractivity contribution in [2.75, 3.05) is 13.2 Å². The Morgan fingerprint density at radius 1 is 1.10 bits per heavy atom. The molecular weight excluding hydrogens is 297 g/mol. The Kier molecular flexibility index (Phi) is 3.74. The number of fused-ring (bicyclic) bond motifs is 1. The molecule has 1 aliphatic rings. The molecule has 104 valence electrons. The van der Waals surface area contributed by atoms with Gasteiger partial charge in [0.1, 0.15) is 12.7 Å². The first-order chi connectivity index (χ1) is 9.70. The fraction of sp³-hybridized carbons (Fsp3) is 0.200. The normalized spacial score (nSPS) is 17.1. The molecule has 1 atom stereocenters. The first-order valence-electron chi connectivity index (χ1n) is 6.27. The average molecular weight is 310 g/mol. The van der Waals surface area contributed by atoms with Gasteiger partial charge in [-0.05, 0) is 18.2 Å². The lowest BCUT2D eigenvalue weighted by Gasteiger charge is -2.27. The zero-order valence-electron chi connectivity index (χ0n) is 10.6. The summed E-state index contributed by atoms with van der Waals surface area (Å²) in [5.74, 6) is 1.33. The predicted molar refractivity (Wildman–Crippen MR) is 80.9 cm³/mol. The molecule has 2 aromatic carbocycles. The molecule has 3 rings (SSSR count). The molecule has 2 aromatic rings. The van der Waals surface area contributed by atoms with Gasteiger partial charge in [-0.1, -0.05) is 41.4 Å². The predicted octanol–water partition coefficient (Wildman–Crippen LogP) is 3.76.